The number of ketones is 1. The highest BCUT2D eigenvalue weighted by Gasteiger charge is 2.34. The summed E-state index contributed by atoms with van der Waals surface area (Å²) in [5.74, 6) is 0.820. The number of alkyl carbamates (subject to hydrolysis) is 1. The van der Waals surface area contributed by atoms with Crippen molar-refractivity contribution in [3.63, 3.8) is 0 Å². The van der Waals surface area contributed by atoms with Gasteiger partial charge in [-0.2, -0.15) is 0 Å². The molecule has 0 bridgehead atoms. The third-order valence-corrected chi connectivity index (χ3v) is 7.02. The van der Waals surface area contributed by atoms with Crippen molar-refractivity contribution in [2.24, 2.45) is 5.92 Å². The maximum Gasteiger partial charge on any atom is 0.407 e. The molecule has 2 aliphatic carbocycles. The number of carbonyl (C=O) groups excluding carboxylic acids is 3. The van der Waals surface area contributed by atoms with Gasteiger partial charge in [0, 0.05) is 18.5 Å². The smallest absolute Gasteiger partial charge is 0.407 e. The van der Waals surface area contributed by atoms with Crippen LogP contribution >= 0.6 is 0 Å². The van der Waals surface area contributed by atoms with Crippen LogP contribution in [0.2, 0.25) is 0 Å². The van der Waals surface area contributed by atoms with Gasteiger partial charge in [0.2, 0.25) is 0 Å². The first-order valence-corrected chi connectivity index (χ1v) is 13.0. The third-order valence-electron chi connectivity index (χ3n) is 7.02. The SMILES string of the molecule is CNC(=O)c1ccc(C2CCC(C(=O)c3nc(CNC(=O)OC(C)(C)C)ccc3C3CC3)CC2)cc1. The molecule has 0 atom stereocenters. The van der Waals surface area contributed by atoms with Crippen molar-refractivity contribution in [1.82, 2.24) is 15.6 Å². The number of Topliss-reactive ketones (excluding diaryl/α,β-unsaturated/α-hetero) is 1. The van der Waals surface area contributed by atoms with E-state index >= 15 is 0 Å². The van der Waals surface area contributed by atoms with E-state index < -0.39 is 11.7 Å². The van der Waals surface area contributed by atoms with E-state index in [0.29, 0.717) is 28.8 Å². The van der Waals surface area contributed by atoms with E-state index in [-0.39, 0.29) is 24.2 Å². The number of hydrogen-bond acceptors (Lipinski definition) is 5. The van der Waals surface area contributed by atoms with Crippen LogP contribution in [0, 0.1) is 5.92 Å². The van der Waals surface area contributed by atoms with E-state index in [9.17, 15) is 14.4 Å². The Hall–Kier alpha value is -3.22. The van der Waals surface area contributed by atoms with E-state index in [0.717, 1.165) is 44.1 Å². The Labute approximate surface area is 213 Å². The van der Waals surface area contributed by atoms with Crippen molar-refractivity contribution in [2.45, 2.75) is 83.3 Å². The predicted molar refractivity (Wildman–Crippen MR) is 138 cm³/mol. The fourth-order valence-corrected chi connectivity index (χ4v) is 4.94. The molecule has 36 heavy (non-hydrogen) atoms. The number of ether oxygens (including phenoxy) is 1. The van der Waals surface area contributed by atoms with Crippen molar-refractivity contribution in [3.05, 3.63) is 64.5 Å². The van der Waals surface area contributed by atoms with Crippen LogP contribution in [0.4, 0.5) is 4.79 Å². The molecule has 0 spiro atoms. The monoisotopic (exact) mass is 491 g/mol. The fraction of sp³-hybridized carbons (Fsp3) is 0.517. The molecule has 0 saturated heterocycles. The summed E-state index contributed by atoms with van der Waals surface area (Å²) in [5, 5.41) is 5.39. The quantitative estimate of drug-likeness (QED) is 0.499. The molecule has 7 heteroatoms. The zero-order valence-corrected chi connectivity index (χ0v) is 21.7. The van der Waals surface area contributed by atoms with Gasteiger partial charge in [-0.25, -0.2) is 9.78 Å². The summed E-state index contributed by atoms with van der Waals surface area (Å²) < 4.78 is 5.31. The Morgan fingerprint density at radius 3 is 2.14 bits per heavy atom. The molecular weight excluding hydrogens is 454 g/mol. The van der Waals surface area contributed by atoms with Crippen molar-refractivity contribution in [2.75, 3.05) is 7.05 Å². The van der Waals surface area contributed by atoms with Crippen LogP contribution in [0.25, 0.3) is 0 Å². The van der Waals surface area contributed by atoms with Gasteiger partial charge < -0.3 is 15.4 Å². The Balaban J connectivity index is 1.40. The van der Waals surface area contributed by atoms with Gasteiger partial charge in [-0.15, -0.1) is 0 Å². The first-order valence-electron chi connectivity index (χ1n) is 13.0. The summed E-state index contributed by atoms with van der Waals surface area (Å²) in [7, 11) is 1.63. The molecule has 0 aliphatic heterocycles. The van der Waals surface area contributed by atoms with Gasteiger partial charge in [-0.1, -0.05) is 18.2 Å². The van der Waals surface area contributed by atoms with Crippen LogP contribution in [0.3, 0.4) is 0 Å². The molecule has 1 heterocycles. The lowest BCUT2D eigenvalue weighted by molar-refractivity contribution is 0.0522. The highest BCUT2D eigenvalue weighted by Crippen LogP contribution is 2.43. The number of hydrogen-bond donors (Lipinski definition) is 2. The Bertz CT molecular complexity index is 1110. The average molecular weight is 492 g/mol. The van der Waals surface area contributed by atoms with Gasteiger partial charge in [0.15, 0.2) is 5.78 Å². The lowest BCUT2D eigenvalue weighted by atomic mass is 9.76. The maximum absolute atomic E-state index is 13.6. The number of amides is 2. The van der Waals surface area contributed by atoms with Crippen LogP contribution in [0.5, 0.6) is 0 Å². The van der Waals surface area contributed by atoms with Gasteiger partial charge in [0.1, 0.15) is 11.3 Å². The van der Waals surface area contributed by atoms with Crippen LogP contribution in [0.15, 0.2) is 36.4 Å². The fourth-order valence-electron chi connectivity index (χ4n) is 4.94. The largest absolute Gasteiger partial charge is 0.444 e. The number of carbonyl (C=O) groups is 3. The minimum absolute atomic E-state index is 0.0366. The van der Waals surface area contributed by atoms with Gasteiger partial charge in [-0.05, 0) is 100 Å². The van der Waals surface area contributed by atoms with E-state index in [1.54, 1.807) is 7.05 Å². The number of pyridine rings is 1. The van der Waals surface area contributed by atoms with Crippen LogP contribution in [-0.4, -0.2) is 35.4 Å². The molecule has 2 aromatic rings. The van der Waals surface area contributed by atoms with Crippen molar-refractivity contribution in [3.8, 4) is 0 Å². The first-order chi connectivity index (χ1) is 17.1. The zero-order valence-electron chi connectivity index (χ0n) is 21.7. The topological polar surface area (TPSA) is 97.4 Å². The van der Waals surface area contributed by atoms with E-state index in [1.165, 1.54) is 5.56 Å². The first kappa shape index (κ1) is 25.9. The maximum atomic E-state index is 13.6. The van der Waals surface area contributed by atoms with Gasteiger partial charge in [0.05, 0.1) is 12.2 Å². The zero-order chi connectivity index (χ0) is 25.9. The number of rotatable bonds is 7. The summed E-state index contributed by atoms with van der Waals surface area (Å²) in [4.78, 5) is 42.2. The molecule has 2 N–H and O–H groups in total. The molecule has 1 aromatic carbocycles. The van der Waals surface area contributed by atoms with Gasteiger partial charge in [-0.3, -0.25) is 9.59 Å². The predicted octanol–water partition coefficient (Wildman–Crippen LogP) is 5.50. The minimum atomic E-state index is -0.570. The highest BCUT2D eigenvalue weighted by molar-refractivity contribution is 5.98. The molecule has 4 rings (SSSR count). The summed E-state index contributed by atoms with van der Waals surface area (Å²) in [5.41, 5.74) is 3.61. The number of nitrogens with one attached hydrogen (secondary N) is 2. The number of aromatic nitrogens is 1. The summed E-state index contributed by atoms with van der Waals surface area (Å²) in [6.07, 6.45) is 5.22. The molecule has 192 valence electrons. The summed E-state index contributed by atoms with van der Waals surface area (Å²) in [6, 6.07) is 11.7. The second-order valence-corrected chi connectivity index (χ2v) is 11.0. The summed E-state index contributed by atoms with van der Waals surface area (Å²) >= 11 is 0. The molecule has 2 fully saturated rings. The Morgan fingerprint density at radius 2 is 1.56 bits per heavy atom. The average Bonchev–Trinajstić information content (AvgIpc) is 3.71. The molecule has 0 unspecified atom stereocenters. The van der Waals surface area contributed by atoms with Gasteiger partial charge >= 0.3 is 6.09 Å². The molecule has 2 saturated carbocycles. The van der Waals surface area contributed by atoms with Crippen molar-refractivity contribution in [1.29, 1.82) is 0 Å². The van der Waals surface area contributed by atoms with Crippen LogP contribution < -0.4 is 10.6 Å². The molecular formula is C29H37N3O4. The van der Waals surface area contributed by atoms with Crippen LogP contribution in [-0.2, 0) is 11.3 Å². The standard InChI is InChI=1S/C29H37N3O4/c1-29(2,3)36-28(35)31-17-23-15-16-24(20-9-10-20)25(32-23)26(33)21-11-5-18(6-12-21)19-7-13-22(14-8-19)27(34)30-4/h7-8,13-16,18,20-21H,5-6,9-12,17H2,1-4H3,(H,30,34)(H,31,35). The van der Waals surface area contributed by atoms with E-state index in [1.807, 2.05) is 57.2 Å². The van der Waals surface area contributed by atoms with E-state index in [2.05, 4.69) is 10.6 Å². The molecule has 7 nitrogen and oxygen atoms in total. The lowest BCUT2D eigenvalue weighted by Gasteiger charge is -2.28. The molecule has 2 aliphatic rings. The van der Waals surface area contributed by atoms with Crippen molar-refractivity contribution < 1.29 is 19.1 Å². The van der Waals surface area contributed by atoms with Crippen molar-refractivity contribution >= 4 is 17.8 Å². The summed E-state index contributed by atoms with van der Waals surface area (Å²) in [6.45, 7) is 5.68. The minimum Gasteiger partial charge on any atom is -0.444 e. The number of benzene rings is 1. The number of nitrogens with zero attached hydrogens (tertiary/aromatic N) is 1. The lowest BCUT2D eigenvalue weighted by Crippen LogP contribution is -2.32. The third kappa shape index (κ3) is 6.50. The Kier molecular flexibility index (Phi) is 7.76. The molecule has 2 amide bonds. The second kappa shape index (κ2) is 10.8. The second-order valence-electron chi connectivity index (χ2n) is 11.0. The normalized spacial score (nSPS) is 19.9. The molecule has 1 aromatic heterocycles. The highest BCUT2D eigenvalue weighted by atomic mass is 16.6. The molecule has 0 radical (unpaired) electrons. The van der Waals surface area contributed by atoms with Gasteiger partial charge in [0.25, 0.3) is 5.91 Å². The van der Waals surface area contributed by atoms with E-state index in [4.69, 9.17) is 9.72 Å². The van der Waals surface area contributed by atoms with Crippen LogP contribution in [0.1, 0.15) is 109 Å². The Morgan fingerprint density at radius 1 is 0.917 bits per heavy atom.